The SMILES string of the molecule is C#CCn1c(=O)c(-c2c(Cl)cccc2Cl)cc2cnc(Nc3ccc4nsnc4c3)nc21. The van der Waals surface area contributed by atoms with Crippen molar-refractivity contribution in [2.45, 2.75) is 6.54 Å². The smallest absolute Gasteiger partial charge is 0.261 e. The molecule has 7 nitrogen and oxygen atoms in total. The Bertz CT molecular complexity index is 1580. The summed E-state index contributed by atoms with van der Waals surface area (Å²) >= 11 is 13.8. The van der Waals surface area contributed by atoms with E-state index in [0.29, 0.717) is 38.2 Å². The molecule has 0 aliphatic rings. The van der Waals surface area contributed by atoms with E-state index in [1.807, 2.05) is 18.2 Å². The van der Waals surface area contributed by atoms with Crippen LogP contribution in [0.3, 0.4) is 0 Å². The zero-order valence-corrected chi connectivity index (χ0v) is 18.5. The number of pyridine rings is 1. The Kier molecular flexibility index (Phi) is 5.23. The minimum absolute atomic E-state index is 0.0259. The van der Waals surface area contributed by atoms with Crippen LogP contribution in [0, 0.1) is 12.3 Å². The number of nitrogens with zero attached hydrogens (tertiary/aromatic N) is 5. The van der Waals surface area contributed by atoms with E-state index in [-0.39, 0.29) is 12.1 Å². The molecule has 0 radical (unpaired) electrons. The van der Waals surface area contributed by atoms with Crippen molar-refractivity contribution < 1.29 is 0 Å². The predicted molar refractivity (Wildman–Crippen MR) is 129 cm³/mol. The molecule has 0 aliphatic heterocycles. The Labute approximate surface area is 196 Å². The molecule has 0 unspecified atom stereocenters. The fourth-order valence-electron chi connectivity index (χ4n) is 3.38. The summed E-state index contributed by atoms with van der Waals surface area (Å²) in [7, 11) is 0. The summed E-state index contributed by atoms with van der Waals surface area (Å²) in [5.74, 6) is 2.83. The molecule has 3 heterocycles. The number of anilines is 2. The van der Waals surface area contributed by atoms with Crippen LogP contribution in [0.2, 0.25) is 10.0 Å². The molecule has 0 spiro atoms. The van der Waals surface area contributed by atoms with Gasteiger partial charge in [0.2, 0.25) is 5.95 Å². The van der Waals surface area contributed by atoms with Gasteiger partial charge in [0.1, 0.15) is 16.7 Å². The zero-order valence-electron chi connectivity index (χ0n) is 16.2. The van der Waals surface area contributed by atoms with Gasteiger partial charge >= 0.3 is 0 Å². The molecule has 0 atom stereocenters. The van der Waals surface area contributed by atoms with E-state index in [1.165, 1.54) is 4.57 Å². The lowest BCUT2D eigenvalue weighted by atomic mass is 10.1. The van der Waals surface area contributed by atoms with Gasteiger partial charge < -0.3 is 5.32 Å². The standard InChI is InChI=1S/C22H12Cl2N6OS/c1-2-8-30-20-12(9-14(21(30)31)19-15(23)4-3-5-16(19)24)11-25-22(27-20)26-13-6-7-17-18(10-13)29-32-28-17/h1,3-7,9-11H,8H2,(H,25,26,27). The minimum atomic E-state index is -0.343. The van der Waals surface area contributed by atoms with Gasteiger partial charge in [-0.3, -0.25) is 9.36 Å². The normalized spacial score (nSPS) is 11.0. The van der Waals surface area contributed by atoms with Crippen molar-refractivity contribution >= 4 is 68.6 Å². The third-order valence-corrected chi connectivity index (χ3v) is 6.01. The number of aromatic nitrogens is 5. The highest BCUT2D eigenvalue weighted by Gasteiger charge is 2.17. The highest BCUT2D eigenvalue weighted by atomic mass is 35.5. The van der Waals surface area contributed by atoms with Crippen molar-refractivity contribution in [3.63, 3.8) is 0 Å². The van der Waals surface area contributed by atoms with E-state index in [9.17, 15) is 4.79 Å². The Morgan fingerprint density at radius 2 is 1.88 bits per heavy atom. The molecule has 3 aromatic heterocycles. The van der Waals surface area contributed by atoms with Gasteiger partial charge in [0, 0.05) is 22.8 Å². The highest BCUT2D eigenvalue weighted by Crippen LogP contribution is 2.34. The first-order valence-corrected chi connectivity index (χ1v) is 10.8. The van der Waals surface area contributed by atoms with Gasteiger partial charge in [0.15, 0.2) is 0 Å². The lowest BCUT2D eigenvalue weighted by Gasteiger charge is -2.13. The zero-order chi connectivity index (χ0) is 22.2. The summed E-state index contributed by atoms with van der Waals surface area (Å²) in [6, 6.07) is 12.3. The third kappa shape index (κ3) is 3.56. The maximum atomic E-state index is 13.3. The molecule has 1 N–H and O–H groups in total. The van der Waals surface area contributed by atoms with Crippen LogP contribution in [0.15, 0.2) is 53.5 Å². The van der Waals surface area contributed by atoms with Crippen molar-refractivity contribution in [3.05, 3.63) is 69.1 Å². The second kappa shape index (κ2) is 8.20. The van der Waals surface area contributed by atoms with Gasteiger partial charge in [0.05, 0.1) is 33.9 Å². The number of fused-ring (bicyclic) bond motifs is 2. The van der Waals surface area contributed by atoms with Gasteiger partial charge in [-0.1, -0.05) is 35.2 Å². The van der Waals surface area contributed by atoms with Crippen LogP contribution in [0.25, 0.3) is 33.2 Å². The second-order valence-electron chi connectivity index (χ2n) is 6.82. The molecular formula is C22H12Cl2N6OS. The van der Waals surface area contributed by atoms with Gasteiger partial charge in [-0.15, -0.1) is 6.42 Å². The number of rotatable bonds is 4. The van der Waals surface area contributed by atoms with Crippen LogP contribution in [-0.4, -0.2) is 23.3 Å². The number of terminal acetylenes is 1. The third-order valence-electron chi connectivity index (χ3n) is 4.82. The maximum absolute atomic E-state index is 13.3. The average Bonchev–Trinajstić information content (AvgIpc) is 3.24. The van der Waals surface area contributed by atoms with Crippen molar-refractivity contribution in [2.75, 3.05) is 5.32 Å². The summed E-state index contributed by atoms with van der Waals surface area (Å²) in [6.45, 7) is 0.0259. The van der Waals surface area contributed by atoms with Crippen molar-refractivity contribution in [3.8, 4) is 23.5 Å². The van der Waals surface area contributed by atoms with Gasteiger partial charge in [-0.2, -0.15) is 13.7 Å². The van der Waals surface area contributed by atoms with Crippen LogP contribution in [0.1, 0.15) is 0 Å². The molecule has 10 heteroatoms. The summed E-state index contributed by atoms with van der Waals surface area (Å²) in [5, 5.41) is 4.49. The molecule has 0 saturated heterocycles. The Balaban J connectivity index is 1.65. The van der Waals surface area contributed by atoms with Crippen LogP contribution in [0.4, 0.5) is 11.6 Å². The van der Waals surface area contributed by atoms with Crippen LogP contribution >= 0.6 is 34.9 Å². The summed E-state index contributed by atoms with van der Waals surface area (Å²) < 4.78 is 9.83. The first kappa shape index (κ1) is 20.4. The fourth-order valence-corrected chi connectivity index (χ4v) is 4.50. The predicted octanol–water partition coefficient (Wildman–Crippen LogP) is 5.15. The van der Waals surface area contributed by atoms with E-state index in [4.69, 9.17) is 29.6 Å². The molecule has 0 fully saturated rings. The lowest BCUT2D eigenvalue weighted by Crippen LogP contribution is -2.23. The van der Waals surface area contributed by atoms with E-state index in [1.54, 1.807) is 30.5 Å². The molecule has 5 rings (SSSR count). The number of hydrogen-bond acceptors (Lipinski definition) is 7. The average molecular weight is 479 g/mol. The molecule has 156 valence electrons. The topological polar surface area (TPSA) is 85.6 Å². The summed E-state index contributed by atoms with van der Waals surface area (Å²) in [6.07, 6.45) is 7.16. The fraction of sp³-hybridized carbons (Fsp3) is 0.0455. The second-order valence-corrected chi connectivity index (χ2v) is 8.16. The van der Waals surface area contributed by atoms with Crippen LogP contribution in [0.5, 0.6) is 0 Å². The monoisotopic (exact) mass is 478 g/mol. The Morgan fingerprint density at radius 3 is 2.66 bits per heavy atom. The van der Waals surface area contributed by atoms with Crippen LogP contribution < -0.4 is 10.9 Å². The molecule has 2 aromatic carbocycles. The Hall–Kier alpha value is -3.51. The summed E-state index contributed by atoms with van der Waals surface area (Å²) in [5.41, 5.74) is 3.16. The quantitative estimate of drug-likeness (QED) is 0.359. The molecule has 5 aromatic rings. The van der Waals surface area contributed by atoms with Gasteiger partial charge in [-0.25, -0.2) is 4.98 Å². The number of benzene rings is 2. The maximum Gasteiger partial charge on any atom is 0.261 e. The highest BCUT2D eigenvalue weighted by molar-refractivity contribution is 7.00. The lowest BCUT2D eigenvalue weighted by molar-refractivity contribution is 0.823. The number of halogens is 2. The Morgan fingerprint density at radius 1 is 1.09 bits per heavy atom. The number of nitrogens with one attached hydrogen (secondary N) is 1. The molecule has 0 bridgehead atoms. The van der Waals surface area contributed by atoms with Gasteiger partial charge in [-0.05, 0) is 36.4 Å². The van der Waals surface area contributed by atoms with E-state index < -0.39 is 0 Å². The minimum Gasteiger partial charge on any atom is -0.324 e. The first-order chi connectivity index (χ1) is 15.5. The van der Waals surface area contributed by atoms with E-state index in [0.717, 1.165) is 28.4 Å². The largest absolute Gasteiger partial charge is 0.324 e. The first-order valence-electron chi connectivity index (χ1n) is 9.33. The van der Waals surface area contributed by atoms with Crippen molar-refractivity contribution in [2.24, 2.45) is 0 Å². The molecule has 32 heavy (non-hydrogen) atoms. The summed E-state index contributed by atoms with van der Waals surface area (Å²) in [4.78, 5) is 22.3. The molecule has 0 aliphatic carbocycles. The van der Waals surface area contributed by atoms with Crippen molar-refractivity contribution in [1.29, 1.82) is 0 Å². The molecule has 0 saturated carbocycles. The van der Waals surface area contributed by atoms with E-state index >= 15 is 0 Å². The van der Waals surface area contributed by atoms with Crippen molar-refractivity contribution in [1.82, 2.24) is 23.3 Å². The van der Waals surface area contributed by atoms with E-state index in [2.05, 4.69) is 30.0 Å². The number of hydrogen-bond donors (Lipinski definition) is 1. The van der Waals surface area contributed by atoms with Gasteiger partial charge in [0.25, 0.3) is 5.56 Å². The molecule has 0 amide bonds. The van der Waals surface area contributed by atoms with Crippen LogP contribution in [-0.2, 0) is 6.54 Å². The molecular weight excluding hydrogens is 467 g/mol.